The highest BCUT2D eigenvalue weighted by Crippen LogP contribution is 2.40. The standard InChI is InChI=1S/C11H12F2O2/c1-11(6-12)5-9(14)7-3-2-4-8(13)10(7)15-11/h2-4,9,14H,5-6H2,1H3/t9-,11?/m0/s1. The summed E-state index contributed by atoms with van der Waals surface area (Å²) in [5.74, 6) is -0.595. The fourth-order valence-corrected chi connectivity index (χ4v) is 1.78. The van der Waals surface area contributed by atoms with Gasteiger partial charge in [-0.1, -0.05) is 12.1 Å². The average molecular weight is 214 g/mol. The van der Waals surface area contributed by atoms with Crippen molar-refractivity contribution in [2.45, 2.75) is 25.0 Å². The van der Waals surface area contributed by atoms with Crippen LogP contribution in [0.15, 0.2) is 18.2 Å². The van der Waals surface area contributed by atoms with Crippen LogP contribution in [0.5, 0.6) is 5.75 Å². The molecule has 1 aromatic rings. The zero-order valence-corrected chi connectivity index (χ0v) is 8.34. The molecule has 0 radical (unpaired) electrons. The maximum absolute atomic E-state index is 13.4. The zero-order valence-electron chi connectivity index (χ0n) is 8.34. The highest BCUT2D eigenvalue weighted by atomic mass is 19.1. The number of halogens is 2. The molecular formula is C11H12F2O2. The summed E-state index contributed by atoms with van der Waals surface area (Å²) in [6.45, 7) is 0.767. The van der Waals surface area contributed by atoms with E-state index in [1.54, 1.807) is 6.07 Å². The fourth-order valence-electron chi connectivity index (χ4n) is 1.78. The van der Waals surface area contributed by atoms with E-state index in [1.165, 1.54) is 19.1 Å². The molecule has 2 nitrogen and oxygen atoms in total. The Kier molecular flexibility index (Phi) is 2.38. The van der Waals surface area contributed by atoms with Crippen LogP contribution < -0.4 is 4.74 Å². The van der Waals surface area contributed by atoms with E-state index in [-0.39, 0.29) is 12.2 Å². The summed E-state index contributed by atoms with van der Waals surface area (Å²) in [6.07, 6.45) is -0.731. The van der Waals surface area contributed by atoms with E-state index in [9.17, 15) is 13.9 Å². The van der Waals surface area contributed by atoms with Gasteiger partial charge in [0.25, 0.3) is 0 Å². The van der Waals surface area contributed by atoms with E-state index in [1.807, 2.05) is 0 Å². The van der Waals surface area contributed by atoms with Crippen molar-refractivity contribution in [3.05, 3.63) is 29.6 Å². The molecule has 1 unspecified atom stereocenters. The Labute approximate surface area is 86.5 Å². The van der Waals surface area contributed by atoms with Gasteiger partial charge in [-0.25, -0.2) is 8.78 Å². The molecule has 0 aliphatic carbocycles. The average Bonchev–Trinajstić information content (AvgIpc) is 2.20. The first-order valence-electron chi connectivity index (χ1n) is 4.77. The predicted molar refractivity (Wildman–Crippen MR) is 51.0 cm³/mol. The van der Waals surface area contributed by atoms with E-state index < -0.39 is 24.2 Å². The Hall–Kier alpha value is -1.16. The summed E-state index contributed by atoms with van der Waals surface area (Å²) in [6, 6.07) is 4.31. The number of benzene rings is 1. The number of aliphatic hydroxyl groups is 1. The van der Waals surface area contributed by atoms with Crippen LogP contribution in [0.4, 0.5) is 8.78 Å². The van der Waals surface area contributed by atoms with Gasteiger partial charge in [0, 0.05) is 12.0 Å². The van der Waals surface area contributed by atoms with Crippen LogP contribution in [0.25, 0.3) is 0 Å². The van der Waals surface area contributed by atoms with Crippen molar-refractivity contribution in [1.29, 1.82) is 0 Å². The lowest BCUT2D eigenvalue weighted by Gasteiger charge is -2.36. The molecule has 1 aliphatic heterocycles. The van der Waals surface area contributed by atoms with Gasteiger partial charge < -0.3 is 9.84 Å². The summed E-state index contributed by atoms with van der Waals surface area (Å²) >= 11 is 0. The molecule has 0 aromatic heterocycles. The van der Waals surface area contributed by atoms with Crippen LogP contribution in [0.1, 0.15) is 25.0 Å². The third kappa shape index (κ3) is 1.69. The minimum Gasteiger partial charge on any atom is -0.481 e. The van der Waals surface area contributed by atoms with Crippen molar-refractivity contribution in [2.75, 3.05) is 6.67 Å². The Balaban J connectivity index is 2.46. The second-order valence-electron chi connectivity index (χ2n) is 4.06. The van der Waals surface area contributed by atoms with Gasteiger partial charge in [-0.2, -0.15) is 0 Å². The summed E-state index contributed by atoms with van der Waals surface area (Å²) in [7, 11) is 0. The normalized spacial score (nSPS) is 29.5. The number of fused-ring (bicyclic) bond motifs is 1. The van der Waals surface area contributed by atoms with Crippen molar-refractivity contribution in [3.8, 4) is 5.75 Å². The third-order valence-corrected chi connectivity index (χ3v) is 2.61. The molecule has 0 amide bonds. The lowest BCUT2D eigenvalue weighted by atomic mass is 9.91. The number of ether oxygens (including phenoxy) is 1. The van der Waals surface area contributed by atoms with Crippen molar-refractivity contribution < 1.29 is 18.6 Å². The van der Waals surface area contributed by atoms with E-state index in [2.05, 4.69) is 0 Å². The van der Waals surface area contributed by atoms with E-state index in [4.69, 9.17) is 4.74 Å². The molecule has 15 heavy (non-hydrogen) atoms. The number of rotatable bonds is 1. The maximum atomic E-state index is 13.4. The predicted octanol–water partition coefficient (Wildman–Crippen LogP) is 2.37. The Morgan fingerprint density at radius 2 is 2.33 bits per heavy atom. The minimum atomic E-state index is -1.13. The van der Waals surface area contributed by atoms with Gasteiger partial charge in [-0.05, 0) is 13.0 Å². The Morgan fingerprint density at radius 3 is 3.00 bits per heavy atom. The summed E-state index contributed by atoms with van der Waals surface area (Å²) < 4.78 is 31.3. The minimum absolute atomic E-state index is 0.0311. The zero-order chi connectivity index (χ0) is 11.1. The Bertz CT molecular complexity index is 381. The fraction of sp³-hybridized carbons (Fsp3) is 0.455. The maximum Gasteiger partial charge on any atom is 0.165 e. The monoisotopic (exact) mass is 214 g/mol. The number of para-hydroxylation sites is 1. The van der Waals surface area contributed by atoms with Crippen LogP contribution in [0, 0.1) is 5.82 Å². The van der Waals surface area contributed by atoms with Crippen molar-refractivity contribution in [1.82, 2.24) is 0 Å². The first-order chi connectivity index (χ1) is 7.06. The van der Waals surface area contributed by atoms with Gasteiger partial charge in [0.1, 0.15) is 12.3 Å². The molecule has 1 heterocycles. The van der Waals surface area contributed by atoms with Gasteiger partial charge >= 0.3 is 0 Å². The molecule has 2 atom stereocenters. The molecule has 1 aliphatic rings. The van der Waals surface area contributed by atoms with Gasteiger partial charge in [0.15, 0.2) is 11.6 Å². The smallest absolute Gasteiger partial charge is 0.165 e. The molecule has 2 rings (SSSR count). The quantitative estimate of drug-likeness (QED) is 0.777. The van der Waals surface area contributed by atoms with E-state index in [0.717, 1.165) is 0 Å². The molecule has 4 heteroatoms. The van der Waals surface area contributed by atoms with Crippen LogP contribution in [0.2, 0.25) is 0 Å². The largest absolute Gasteiger partial charge is 0.481 e. The number of hydrogen-bond acceptors (Lipinski definition) is 2. The molecule has 1 N–H and O–H groups in total. The van der Waals surface area contributed by atoms with E-state index in [0.29, 0.717) is 5.56 Å². The van der Waals surface area contributed by atoms with Crippen LogP contribution in [0.3, 0.4) is 0 Å². The molecule has 0 bridgehead atoms. The summed E-state index contributed by atoms with van der Waals surface area (Å²) in [5.41, 5.74) is -0.741. The number of hydrogen-bond donors (Lipinski definition) is 1. The van der Waals surface area contributed by atoms with Gasteiger partial charge in [-0.15, -0.1) is 0 Å². The lowest BCUT2D eigenvalue weighted by Crippen LogP contribution is -2.40. The number of aliphatic hydroxyl groups excluding tert-OH is 1. The number of alkyl halides is 1. The molecule has 1 aromatic carbocycles. The van der Waals surface area contributed by atoms with Crippen LogP contribution in [-0.2, 0) is 0 Å². The summed E-state index contributed by atoms with van der Waals surface area (Å²) in [4.78, 5) is 0. The van der Waals surface area contributed by atoms with Gasteiger partial charge in [0.2, 0.25) is 0 Å². The molecule has 0 fully saturated rings. The second-order valence-corrected chi connectivity index (χ2v) is 4.06. The van der Waals surface area contributed by atoms with Crippen molar-refractivity contribution >= 4 is 0 Å². The topological polar surface area (TPSA) is 29.5 Å². The van der Waals surface area contributed by atoms with Crippen LogP contribution in [-0.4, -0.2) is 17.4 Å². The molecule has 0 saturated heterocycles. The highest BCUT2D eigenvalue weighted by molar-refractivity contribution is 5.39. The first kappa shape index (κ1) is 10.4. The van der Waals surface area contributed by atoms with Crippen LogP contribution >= 0.6 is 0 Å². The SMILES string of the molecule is CC1(CF)C[C@H](O)c2cccc(F)c2O1. The first-order valence-corrected chi connectivity index (χ1v) is 4.77. The van der Waals surface area contributed by atoms with Gasteiger partial charge in [0.05, 0.1) is 6.10 Å². The molecule has 0 saturated carbocycles. The molecular weight excluding hydrogens is 202 g/mol. The second kappa shape index (κ2) is 3.45. The van der Waals surface area contributed by atoms with E-state index >= 15 is 0 Å². The molecule has 82 valence electrons. The third-order valence-electron chi connectivity index (χ3n) is 2.61. The van der Waals surface area contributed by atoms with Crippen molar-refractivity contribution in [3.63, 3.8) is 0 Å². The summed E-state index contributed by atoms with van der Waals surface area (Å²) in [5, 5.41) is 9.74. The van der Waals surface area contributed by atoms with Gasteiger partial charge in [-0.3, -0.25) is 0 Å². The molecule has 0 spiro atoms. The Morgan fingerprint density at radius 1 is 1.60 bits per heavy atom. The van der Waals surface area contributed by atoms with Crippen molar-refractivity contribution in [2.24, 2.45) is 0 Å². The highest BCUT2D eigenvalue weighted by Gasteiger charge is 2.38. The lowest BCUT2D eigenvalue weighted by molar-refractivity contribution is -0.0198.